The first-order chi connectivity index (χ1) is 9.65. The van der Waals surface area contributed by atoms with Crippen molar-refractivity contribution in [3.8, 4) is 0 Å². The summed E-state index contributed by atoms with van der Waals surface area (Å²) in [7, 11) is 0. The molecule has 0 aliphatic heterocycles. The normalized spacial score (nSPS) is 10.3. The number of carbonyl (C=O) groups excluding carboxylic acids is 1. The molecule has 106 valence electrons. The molecule has 0 saturated carbocycles. The predicted molar refractivity (Wildman–Crippen MR) is 73.0 cm³/mol. The third kappa shape index (κ3) is 4.08. The Hall–Kier alpha value is -2.37. The van der Waals surface area contributed by atoms with E-state index >= 15 is 0 Å². The maximum atomic E-state index is 13.3. The molecule has 1 aromatic heterocycles. The molecule has 5 nitrogen and oxygen atoms in total. The molecule has 0 fully saturated rings. The van der Waals surface area contributed by atoms with E-state index in [4.69, 9.17) is 4.52 Å². The van der Waals surface area contributed by atoms with Gasteiger partial charge >= 0.3 is 6.03 Å². The number of carbonyl (C=O) groups is 1. The topological polar surface area (TPSA) is 67.2 Å². The molecule has 2 N–H and O–H groups in total. The van der Waals surface area contributed by atoms with Crippen LogP contribution in [0, 0.1) is 12.7 Å². The Morgan fingerprint density at radius 2 is 2.20 bits per heavy atom. The van der Waals surface area contributed by atoms with E-state index in [0.717, 1.165) is 0 Å². The van der Waals surface area contributed by atoms with Crippen LogP contribution in [-0.2, 0) is 6.42 Å². The maximum Gasteiger partial charge on any atom is 0.320 e. The van der Waals surface area contributed by atoms with Gasteiger partial charge in [-0.2, -0.15) is 0 Å². The first-order valence-electron chi connectivity index (χ1n) is 6.37. The van der Waals surface area contributed by atoms with E-state index in [1.54, 1.807) is 31.2 Å². The zero-order chi connectivity index (χ0) is 14.4. The average molecular weight is 277 g/mol. The van der Waals surface area contributed by atoms with Crippen LogP contribution in [-0.4, -0.2) is 17.7 Å². The molecule has 0 aliphatic carbocycles. The molecule has 0 aliphatic rings. The van der Waals surface area contributed by atoms with Gasteiger partial charge < -0.3 is 9.84 Å². The zero-order valence-corrected chi connectivity index (χ0v) is 11.1. The van der Waals surface area contributed by atoms with Crippen LogP contribution in [0.1, 0.15) is 17.7 Å². The van der Waals surface area contributed by atoms with E-state index in [2.05, 4.69) is 15.8 Å². The standard InChI is InChI=1S/C14H16FN3O2/c1-10-9-13(18-20-10)17-14(19)16-8-4-6-11-5-2-3-7-12(11)15/h2-3,5,7,9H,4,6,8H2,1H3,(H2,16,17,18,19). The largest absolute Gasteiger partial charge is 0.360 e. The highest BCUT2D eigenvalue weighted by Crippen LogP contribution is 2.08. The molecule has 2 rings (SSSR count). The molecule has 1 aromatic carbocycles. The van der Waals surface area contributed by atoms with E-state index in [1.165, 1.54) is 6.07 Å². The first-order valence-corrected chi connectivity index (χ1v) is 6.37. The van der Waals surface area contributed by atoms with Crippen LogP contribution in [0.5, 0.6) is 0 Å². The molecule has 6 heteroatoms. The predicted octanol–water partition coefficient (Wildman–Crippen LogP) is 2.88. The first kappa shape index (κ1) is 14.0. The van der Waals surface area contributed by atoms with Crippen molar-refractivity contribution in [1.82, 2.24) is 10.5 Å². The second-order valence-electron chi connectivity index (χ2n) is 4.40. The molecule has 1 heterocycles. The number of nitrogens with zero attached hydrogens (tertiary/aromatic N) is 1. The van der Waals surface area contributed by atoms with Gasteiger partial charge in [0.15, 0.2) is 5.82 Å². The smallest absolute Gasteiger partial charge is 0.320 e. The van der Waals surface area contributed by atoms with Gasteiger partial charge in [0.25, 0.3) is 0 Å². The molecule has 0 atom stereocenters. The van der Waals surface area contributed by atoms with Crippen LogP contribution in [0.15, 0.2) is 34.9 Å². The maximum absolute atomic E-state index is 13.3. The Morgan fingerprint density at radius 3 is 2.90 bits per heavy atom. The molecule has 20 heavy (non-hydrogen) atoms. The number of anilines is 1. The van der Waals surface area contributed by atoms with Crippen LogP contribution in [0.4, 0.5) is 15.0 Å². The second-order valence-corrected chi connectivity index (χ2v) is 4.40. The number of hydrogen-bond acceptors (Lipinski definition) is 3. The third-order valence-corrected chi connectivity index (χ3v) is 2.74. The summed E-state index contributed by atoms with van der Waals surface area (Å²) in [5, 5.41) is 8.87. The van der Waals surface area contributed by atoms with Gasteiger partial charge in [-0.05, 0) is 31.4 Å². The molecule has 0 unspecified atom stereocenters. The number of nitrogens with one attached hydrogen (secondary N) is 2. The molecular formula is C14H16FN3O2. The number of amides is 2. The summed E-state index contributed by atoms with van der Waals surface area (Å²) in [5.41, 5.74) is 0.654. The fraction of sp³-hybridized carbons (Fsp3) is 0.286. The Morgan fingerprint density at radius 1 is 1.40 bits per heavy atom. The van der Waals surface area contributed by atoms with E-state index in [9.17, 15) is 9.18 Å². The monoisotopic (exact) mass is 277 g/mol. The Bertz CT molecular complexity index is 583. The average Bonchev–Trinajstić information content (AvgIpc) is 2.82. The lowest BCUT2D eigenvalue weighted by atomic mass is 10.1. The Balaban J connectivity index is 1.68. The molecule has 0 bridgehead atoms. The SMILES string of the molecule is Cc1cc(NC(=O)NCCCc2ccccc2F)no1. The van der Waals surface area contributed by atoms with E-state index in [1.807, 2.05) is 0 Å². The highest BCUT2D eigenvalue weighted by molar-refractivity contribution is 5.88. The highest BCUT2D eigenvalue weighted by atomic mass is 19.1. The highest BCUT2D eigenvalue weighted by Gasteiger charge is 2.05. The molecule has 2 aromatic rings. The van der Waals surface area contributed by atoms with Gasteiger partial charge in [0.2, 0.25) is 0 Å². The van der Waals surface area contributed by atoms with Crippen LogP contribution < -0.4 is 10.6 Å². The lowest BCUT2D eigenvalue weighted by Gasteiger charge is -2.05. The van der Waals surface area contributed by atoms with Gasteiger partial charge in [-0.15, -0.1) is 0 Å². The minimum atomic E-state index is -0.355. The minimum Gasteiger partial charge on any atom is -0.360 e. The fourth-order valence-corrected chi connectivity index (χ4v) is 1.77. The van der Waals surface area contributed by atoms with Gasteiger partial charge in [0, 0.05) is 12.6 Å². The number of aryl methyl sites for hydroxylation is 2. The number of rotatable bonds is 5. The molecular weight excluding hydrogens is 261 g/mol. The Labute approximate surface area is 116 Å². The second kappa shape index (κ2) is 6.70. The van der Waals surface area contributed by atoms with Crippen molar-refractivity contribution in [3.63, 3.8) is 0 Å². The summed E-state index contributed by atoms with van der Waals surface area (Å²) >= 11 is 0. The van der Waals surface area contributed by atoms with Crippen molar-refractivity contribution in [2.75, 3.05) is 11.9 Å². The van der Waals surface area contributed by atoms with Crippen molar-refractivity contribution in [2.24, 2.45) is 0 Å². The summed E-state index contributed by atoms with van der Waals surface area (Å²) in [6.45, 7) is 2.20. The van der Waals surface area contributed by atoms with Crippen LogP contribution in [0.3, 0.4) is 0 Å². The van der Waals surface area contributed by atoms with E-state index in [-0.39, 0.29) is 11.8 Å². The van der Waals surface area contributed by atoms with Crippen molar-refractivity contribution in [3.05, 3.63) is 47.5 Å². The van der Waals surface area contributed by atoms with Gasteiger partial charge in [0.05, 0.1) is 0 Å². The summed E-state index contributed by atoms with van der Waals surface area (Å²) in [6, 6.07) is 7.90. The van der Waals surface area contributed by atoms with Crippen molar-refractivity contribution in [2.45, 2.75) is 19.8 Å². The molecule has 0 radical (unpaired) electrons. The van der Waals surface area contributed by atoms with Gasteiger partial charge in [-0.1, -0.05) is 23.4 Å². The summed E-state index contributed by atoms with van der Waals surface area (Å²) in [4.78, 5) is 11.5. The van der Waals surface area contributed by atoms with Gasteiger partial charge in [-0.25, -0.2) is 9.18 Å². The number of aromatic nitrogens is 1. The molecule has 0 saturated heterocycles. The third-order valence-electron chi connectivity index (χ3n) is 2.74. The van der Waals surface area contributed by atoms with Gasteiger partial charge in [-0.3, -0.25) is 5.32 Å². The lowest BCUT2D eigenvalue weighted by Crippen LogP contribution is -2.29. The van der Waals surface area contributed by atoms with Crippen LogP contribution in [0.2, 0.25) is 0 Å². The molecule has 2 amide bonds. The van der Waals surface area contributed by atoms with Crippen LogP contribution >= 0.6 is 0 Å². The minimum absolute atomic E-state index is 0.213. The fourth-order valence-electron chi connectivity index (χ4n) is 1.77. The van der Waals surface area contributed by atoms with E-state index in [0.29, 0.717) is 36.5 Å². The van der Waals surface area contributed by atoms with Crippen molar-refractivity contribution < 1.29 is 13.7 Å². The number of halogens is 1. The lowest BCUT2D eigenvalue weighted by molar-refractivity contribution is 0.251. The summed E-state index contributed by atoms with van der Waals surface area (Å²) in [6.07, 6.45) is 1.24. The van der Waals surface area contributed by atoms with Gasteiger partial charge in [0.1, 0.15) is 11.6 Å². The van der Waals surface area contributed by atoms with Crippen LogP contribution in [0.25, 0.3) is 0 Å². The number of hydrogen-bond donors (Lipinski definition) is 2. The van der Waals surface area contributed by atoms with E-state index < -0.39 is 0 Å². The zero-order valence-electron chi connectivity index (χ0n) is 11.1. The number of urea groups is 1. The quantitative estimate of drug-likeness (QED) is 0.826. The number of benzene rings is 1. The van der Waals surface area contributed by atoms with Crippen molar-refractivity contribution in [1.29, 1.82) is 0 Å². The Kier molecular flexibility index (Phi) is 4.70. The summed E-state index contributed by atoms with van der Waals surface area (Å²) < 4.78 is 18.2. The van der Waals surface area contributed by atoms with Crippen molar-refractivity contribution >= 4 is 11.8 Å². The molecule has 0 spiro atoms. The summed E-state index contributed by atoms with van der Waals surface area (Å²) in [5.74, 6) is 0.781.